The summed E-state index contributed by atoms with van der Waals surface area (Å²) < 4.78 is 7.31. The summed E-state index contributed by atoms with van der Waals surface area (Å²) in [6.45, 7) is 5.90. The van der Waals surface area contributed by atoms with Gasteiger partial charge in [0, 0.05) is 24.9 Å². The minimum atomic E-state index is -0.555. The Morgan fingerprint density at radius 3 is 2.66 bits per heavy atom. The van der Waals surface area contributed by atoms with Crippen LogP contribution in [0, 0.1) is 6.92 Å². The molecule has 0 saturated carbocycles. The summed E-state index contributed by atoms with van der Waals surface area (Å²) >= 11 is 0. The first-order valence-electron chi connectivity index (χ1n) is 10.4. The number of tetrazole rings is 1. The van der Waals surface area contributed by atoms with Crippen LogP contribution in [0.4, 0.5) is 4.79 Å². The lowest BCUT2D eigenvalue weighted by atomic mass is 10.0. The highest BCUT2D eigenvalue weighted by Crippen LogP contribution is 2.29. The number of aromatic nitrogens is 5. The maximum atomic E-state index is 12.6. The molecule has 8 nitrogen and oxygen atoms in total. The molecular weight excluding hydrogens is 404 g/mol. The molecule has 0 fully saturated rings. The van der Waals surface area contributed by atoms with Gasteiger partial charge < -0.3 is 10.1 Å². The van der Waals surface area contributed by atoms with Crippen molar-refractivity contribution in [2.75, 3.05) is 0 Å². The van der Waals surface area contributed by atoms with Crippen LogP contribution >= 0.6 is 0 Å². The number of aryl methyl sites for hydroxylation is 2. The lowest BCUT2D eigenvalue weighted by molar-refractivity contribution is 0.197. The van der Waals surface area contributed by atoms with Crippen LogP contribution in [0.2, 0.25) is 0 Å². The van der Waals surface area contributed by atoms with Crippen LogP contribution in [-0.4, -0.2) is 31.3 Å². The van der Waals surface area contributed by atoms with Gasteiger partial charge in [-0.1, -0.05) is 42.8 Å². The van der Waals surface area contributed by atoms with Crippen molar-refractivity contribution in [2.24, 2.45) is 0 Å². The van der Waals surface area contributed by atoms with Gasteiger partial charge in [0.2, 0.25) is 0 Å². The zero-order valence-electron chi connectivity index (χ0n) is 18.2. The zero-order chi connectivity index (χ0) is 22.5. The molecule has 1 atom stereocenters. The molecule has 1 amide bonds. The van der Waals surface area contributed by atoms with Gasteiger partial charge in [-0.15, -0.1) is 5.10 Å². The first-order chi connectivity index (χ1) is 15.5. The van der Waals surface area contributed by atoms with Gasteiger partial charge in [-0.25, -0.2) is 4.79 Å². The van der Waals surface area contributed by atoms with Crippen LogP contribution in [0.5, 0.6) is 5.75 Å². The average Bonchev–Trinajstić information content (AvgIpc) is 3.29. The quantitative estimate of drug-likeness (QED) is 0.488. The molecule has 2 aromatic heterocycles. The molecule has 2 heterocycles. The molecule has 0 spiro atoms. The summed E-state index contributed by atoms with van der Waals surface area (Å²) in [5.74, 6) is 1.11. The maximum Gasteiger partial charge on any atom is 0.413 e. The number of ether oxygens (including phenoxy) is 1. The zero-order valence-corrected chi connectivity index (χ0v) is 18.2. The fourth-order valence-corrected chi connectivity index (χ4v) is 3.33. The Bertz CT molecular complexity index is 1200. The standard InChI is InChI=1S/C24H24N6O2/c1-4-23-27-28-29-30(23)21-12-20(18-9-7-16(2)8-10-18)13-22(14-21)32-24(31)26-17(3)19-6-5-11-25-15-19/h5-15,17H,4H2,1-3H3,(H,26,31). The minimum Gasteiger partial charge on any atom is -0.410 e. The molecule has 0 aliphatic carbocycles. The van der Waals surface area contributed by atoms with Crippen molar-refractivity contribution >= 4 is 6.09 Å². The van der Waals surface area contributed by atoms with E-state index in [2.05, 4.69) is 25.8 Å². The molecule has 1 N–H and O–H groups in total. The van der Waals surface area contributed by atoms with Gasteiger partial charge in [0.05, 0.1) is 11.7 Å². The third kappa shape index (κ3) is 4.80. The number of hydrogen-bond acceptors (Lipinski definition) is 6. The van der Waals surface area contributed by atoms with Crippen molar-refractivity contribution in [3.05, 3.63) is 83.9 Å². The second-order valence-electron chi connectivity index (χ2n) is 7.48. The molecule has 0 radical (unpaired) electrons. The van der Waals surface area contributed by atoms with E-state index in [4.69, 9.17) is 4.74 Å². The fourth-order valence-electron chi connectivity index (χ4n) is 3.33. The van der Waals surface area contributed by atoms with Crippen molar-refractivity contribution in [3.63, 3.8) is 0 Å². The Morgan fingerprint density at radius 1 is 1.12 bits per heavy atom. The predicted octanol–water partition coefficient (Wildman–Crippen LogP) is 4.44. The molecule has 8 heteroatoms. The first-order valence-corrected chi connectivity index (χ1v) is 10.4. The van der Waals surface area contributed by atoms with Crippen LogP contribution < -0.4 is 10.1 Å². The first kappa shape index (κ1) is 21.2. The van der Waals surface area contributed by atoms with Gasteiger partial charge in [-0.2, -0.15) is 4.68 Å². The number of pyridine rings is 1. The largest absolute Gasteiger partial charge is 0.413 e. The topological polar surface area (TPSA) is 94.8 Å². The second-order valence-corrected chi connectivity index (χ2v) is 7.48. The second kappa shape index (κ2) is 9.38. The third-order valence-corrected chi connectivity index (χ3v) is 5.10. The molecular formula is C24H24N6O2. The van der Waals surface area contributed by atoms with Crippen molar-refractivity contribution in [1.29, 1.82) is 0 Å². The van der Waals surface area contributed by atoms with E-state index in [1.54, 1.807) is 23.1 Å². The average molecular weight is 428 g/mol. The number of nitrogens with zero attached hydrogens (tertiary/aromatic N) is 5. The Balaban J connectivity index is 1.64. The van der Waals surface area contributed by atoms with Gasteiger partial charge in [-0.3, -0.25) is 4.98 Å². The molecule has 0 bridgehead atoms. The number of nitrogens with one attached hydrogen (secondary N) is 1. The number of carbonyl (C=O) groups is 1. The number of benzene rings is 2. The molecule has 0 aliphatic heterocycles. The number of hydrogen-bond donors (Lipinski definition) is 1. The monoisotopic (exact) mass is 428 g/mol. The highest BCUT2D eigenvalue weighted by molar-refractivity contribution is 5.74. The SMILES string of the molecule is CCc1nnnn1-c1cc(OC(=O)NC(C)c2cccnc2)cc(-c2ccc(C)cc2)c1. The van der Waals surface area contributed by atoms with Crippen LogP contribution in [0.25, 0.3) is 16.8 Å². The Kier molecular flexibility index (Phi) is 6.21. The van der Waals surface area contributed by atoms with Gasteiger partial charge in [0.25, 0.3) is 0 Å². The van der Waals surface area contributed by atoms with Crippen LogP contribution in [0.15, 0.2) is 67.0 Å². The normalized spacial score (nSPS) is 11.7. The minimum absolute atomic E-state index is 0.248. The van der Waals surface area contributed by atoms with Gasteiger partial charge in [-0.05, 0) is 59.2 Å². The van der Waals surface area contributed by atoms with E-state index in [1.165, 1.54) is 5.56 Å². The Labute approximate surface area is 186 Å². The highest BCUT2D eigenvalue weighted by atomic mass is 16.6. The predicted molar refractivity (Wildman–Crippen MR) is 121 cm³/mol. The van der Waals surface area contributed by atoms with E-state index < -0.39 is 6.09 Å². The molecule has 0 aliphatic rings. The summed E-state index contributed by atoms with van der Waals surface area (Å²) in [4.78, 5) is 16.7. The maximum absolute atomic E-state index is 12.6. The number of carbonyl (C=O) groups excluding carboxylic acids is 1. The van der Waals surface area contributed by atoms with Crippen LogP contribution in [-0.2, 0) is 6.42 Å². The van der Waals surface area contributed by atoms with E-state index in [0.29, 0.717) is 23.7 Å². The number of amides is 1. The third-order valence-electron chi connectivity index (χ3n) is 5.10. The van der Waals surface area contributed by atoms with Crippen molar-refractivity contribution in [2.45, 2.75) is 33.2 Å². The van der Waals surface area contributed by atoms with E-state index in [9.17, 15) is 4.79 Å². The van der Waals surface area contributed by atoms with Crippen molar-refractivity contribution in [3.8, 4) is 22.6 Å². The summed E-state index contributed by atoms with van der Waals surface area (Å²) in [5, 5.41) is 14.8. The molecule has 1 unspecified atom stereocenters. The lowest BCUT2D eigenvalue weighted by Crippen LogP contribution is -2.29. The van der Waals surface area contributed by atoms with E-state index in [1.807, 2.05) is 69.3 Å². The van der Waals surface area contributed by atoms with Gasteiger partial charge >= 0.3 is 6.09 Å². The fraction of sp³-hybridized carbons (Fsp3) is 0.208. The Morgan fingerprint density at radius 2 is 1.94 bits per heavy atom. The molecule has 32 heavy (non-hydrogen) atoms. The smallest absolute Gasteiger partial charge is 0.410 e. The van der Waals surface area contributed by atoms with E-state index in [-0.39, 0.29) is 6.04 Å². The van der Waals surface area contributed by atoms with E-state index in [0.717, 1.165) is 16.7 Å². The van der Waals surface area contributed by atoms with Crippen LogP contribution in [0.1, 0.15) is 36.8 Å². The summed E-state index contributed by atoms with van der Waals surface area (Å²) in [6.07, 6.45) is 3.52. The van der Waals surface area contributed by atoms with Gasteiger partial charge in [0.15, 0.2) is 5.82 Å². The lowest BCUT2D eigenvalue weighted by Gasteiger charge is -2.15. The number of rotatable bonds is 6. The van der Waals surface area contributed by atoms with Gasteiger partial charge in [0.1, 0.15) is 5.75 Å². The summed E-state index contributed by atoms with van der Waals surface area (Å²) in [6, 6.07) is 17.2. The van der Waals surface area contributed by atoms with E-state index >= 15 is 0 Å². The Hall–Kier alpha value is -4.07. The van der Waals surface area contributed by atoms with Crippen molar-refractivity contribution in [1.82, 2.24) is 30.5 Å². The molecule has 4 aromatic rings. The van der Waals surface area contributed by atoms with Crippen LogP contribution in [0.3, 0.4) is 0 Å². The molecule has 0 saturated heterocycles. The summed E-state index contributed by atoms with van der Waals surface area (Å²) in [5.41, 5.74) is 4.66. The molecule has 162 valence electrons. The summed E-state index contributed by atoms with van der Waals surface area (Å²) in [7, 11) is 0. The van der Waals surface area contributed by atoms with Crippen molar-refractivity contribution < 1.29 is 9.53 Å². The molecule has 4 rings (SSSR count). The molecule has 2 aromatic carbocycles. The highest BCUT2D eigenvalue weighted by Gasteiger charge is 2.15.